The highest BCUT2D eigenvalue weighted by Crippen LogP contribution is 2.44. The molecule has 0 fully saturated rings. The van der Waals surface area contributed by atoms with E-state index in [-0.39, 0.29) is 0 Å². The van der Waals surface area contributed by atoms with Crippen LogP contribution in [0.5, 0.6) is 0 Å². The van der Waals surface area contributed by atoms with Crippen molar-refractivity contribution in [3.8, 4) is 16.9 Å². The average molecular weight is 746 g/mol. The maximum absolute atomic E-state index is 6.69. The minimum atomic E-state index is 0.639. The molecule has 0 aliphatic heterocycles. The first-order chi connectivity index (χ1) is 28.8. The Bertz CT molecular complexity index is 3000. The first-order valence-electron chi connectivity index (χ1n) is 19.4. The lowest BCUT2D eigenvalue weighted by molar-refractivity contribution is 0.662. The van der Waals surface area contributed by atoms with Crippen molar-refractivity contribution in [1.29, 1.82) is 0 Å². The Morgan fingerprint density at radius 2 is 0.845 bits per heavy atom. The topological polar surface area (TPSA) is 50.3 Å². The molecule has 11 rings (SSSR count). The van der Waals surface area contributed by atoms with Gasteiger partial charge >= 0.3 is 0 Å². The average Bonchev–Trinajstić information content (AvgIpc) is 3.83. The molecule has 11 aromatic rings. The van der Waals surface area contributed by atoms with Gasteiger partial charge in [-0.2, -0.15) is 0 Å². The van der Waals surface area contributed by atoms with Gasteiger partial charge in [0.15, 0.2) is 11.4 Å². The first kappa shape index (κ1) is 33.4. The number of rotatable bonds is 8. The summed E-state index contributed by atoms with van der Waals surface area (Å²) < 4.78 is 8.92. The number of benzene rings is 8. The van der Waals surface area contributed by atoms with E-state index in [9.17, 15) is 0 Å². The molecule has 0 bridgehead atoms. The van der Waals surface area contributed by atoms with Crippen molar-refractivity contribution in [2.24, 2.45) is 0 Å². The summed E-state index contributed by atoms with van der Waals surface area (Å²) >= 11 is 0. The minimum Gasteiger partial charge on any atom is -0.450 e. The van der Waals surface area contributed by atoms with Gasteiger partial charge in [0, 0.05) is 50.3 Å². The Morgan fingerprint density at radius 3 is 1.33 bits per heavy atom. The molecule has 0 aliphatic rings. The van der Waals surface area contributed by atoms with E-state index in [4.69, 9.17) is 14.4 Å². The van der Waals surface area contributed by atoms with E-state index in [0.29, 0.717) is 11.4 Å². The zero-order valence-electron chi connectivity index (χ0n) is 31.4. The number of anilines is 6. The van der Waals surface area contributed by atoms with Crippen LogP contribution < -0.4 is 9.80 Å². The van der Waals surface area contributed by atoms with E-state index in [2.05, 4.69) is 208 Å². The molecule has 3 aromatic heterocycles. The molecule has 0 radical (unpaired) electrons. The van der Waals surface area contributed by atoms with Crippen LogP contribution in [-0.2, 0) is 0 Å². The summed E-state index contributed by atoms with van der Waals surface area (Å²) in [5.41, 5.74) is 12.8. The quantitative estimate of drug-likeness (QED) is 0.155. The summed E-state index contributed by atoms with van der Waals surface area (Å²) in [7, 11) is 0. The molecule has 0 unspecified atom stereocenters. The van der Waals surface area contributed by atoms with Gasteiger partial charge in [-0.15, -0.1) is 0 Å². The number of fused-ring (bicyclic) bond motifs is 6. The van der Waals surface area contributed by atoms with Crippen LogP contribution in [0.2, 0.25) is 0 Å². The van der Waals surface area contributed by atoms with Crippen LogP contribution in [0.4, 0.5) is 34.1 Å². The highest BCUT2D eigenvalue weighted by molar-refractivity contribution is 6.14. The van der Waals surface area contributed by atoms with Crippen molar-refractivity contribution < 1.29 is 4.42 Å². The van der Waals surface area contributed by atoms with Crippen LogP contribution in [0, 0.1) is 0 Å². The molecule has 6 heteroatoms. The largest absolute Gasteiger partial charge is 0.450 e. The van der Waals surface area contributed by atoms with Crippen molar-refractivity contribution in [3.05, 3.63) is 213 Å². The monoisotopic (exact) mass is 745 g/mol. The summed E-state index contributed by atoms with van der Waals surface area (Å²) in [6, 6.07) is 72.2. The maximum Gasteiger partial charge on any atom is 0.197 e. The third-order valence-electron chi connectivity index (χ3n) is 10.9. The summed E-state index contributed by atoms with van der Waals surface area (Å²) in [6.45, 7) is 0. The van der Waals surface area contributed by atoms with Gasteiger partial charge in [0.2, 0.25) is 0 Å². The Hall–Kier alpha value is -7.96. The number of nitrogens with zero attached hydrogens (tertiary/aromatic N) is 5. The van der Waals surface area contributed by atoms with Crippen LogP contribution in [0.3, 0.4) is 0 Å². The van der Waals surface area contributed by atoms with Gasteiger partial charge in [0.05, 0.1) is 11.0 Å². The van der Waals surface area contributed by atoms with E-state index < -0.39 is 0 Å². The number of hydrogen-bond donors (Lipinski definition) is 0. The van der Waals surface area contributed by atoms with E-state index in [1.165, 1.54) is 0 Å². The summed E-state index contributed by atoms with van der Waals surface area (Å²) in [5, 5.41) is 3.12. The number of furan rings is 1. The highest BCUT2D eigenvalue weighted by Gasteiger charge is 2.23. The van der Waals surface area contributed by atoms with Crippen LogP contribution in [0.15, 0.2) is 217 Å². The molecule has 0 spiro atoms. The minimum absolute atomic E-state index is 0.639. The van der Waals surface area contributed by atoms with Gasteiger partial charge in [-0.25, -0.2) is 9.97 Å². The van der Waals surface area contributed by atoms with Crippen molar-refractivity contribution in [1.82, 2.24) is 14.5 Å². The van der Waals surface area contributed by atoms with Crippen LogP contribution in [0.1, 0.15) is 0 Å². The standard InChI is InChI=1S/C52H35N5O/c1-6-16-36(17-7-1)37-26-31-49-46(32-37)50-51(58-49)52(54-35-53-50)57-47-29-27-42(55(38-18-8-2-9-19-38)39-20-10-3-11-21-39)33-44(47)45-34-43(28-30-48(45)57)56(40-22-12-4-13-23-40)41-24-14-5-15-25-41/h1-35H. The van der Waals surface area contributed by atoms with Gasteiger partial charge in [-0.05, 0) is 108 Å². The van der Waals surface area contributed by atoms with Crippen molar-refractivity contribution in [3.63, 3.8) is 0 Å². The van der Waals surface area contributed by atoms with Crippen molar-refractivity contribution in [2.45, 2.75) is 0 Å². The molecule has 58 heavy (non-hydrogen) atoms. The molecular weight excluding hydrogens is 711 g/mol. The maximum atomic E-state index is 6.69. The van der Waals surface area contributed by atoms with Crippen LogP contribution in [0.25, 0.3) is 60.8 Å². The molecule has 0 amide bonds. The fourth-order valence-electron chi connectivity index (χ4n) is 8.24. The lowest BCUT2D eigenvalue weighted by atomic mass is 10.0. The Balaban J connectivity index is 1.17. The van der Waals surface area contributed by atoms with E-state index in [0.717, 1.165) is 83.5 Å². The van der Waals surface area contributed by atoms with Crippen molar-refractivity contribution >= 4 is 78.0 Å². The van der Waals surface area contributed by atoms with E-state index in [1.807, 2.05) is 12.1 Å². The Morgan fingerprint density at radius 1 is 0.379 bits per heavy atom. The van der Waals surface area contributed by atoms with Gasteiger partial charge < -0.3 is 14.2 Å². The smallest absolute Gasteiger partial charge is 0.197 e. The summed E-state index contributed by atoms with van der Waals surface area (Å²) in [6.07, 6.45) is 1.65. The van der Waals surface area contributed by atoms with Gasteiger partial charge in [-0.3, -0.25) is 4.57 Å². The molecule has 274 valence electrons. The second kappa shape index (κ2) is 14.0. The summed E-state index contributed by atoms with van der Waals surface area (Å²) in [5.74, 6) is 0.689. The molecule has 0 saturated carbocycles. The molecule has 6 nitrogen and oxygen atoms in total. The van der Waals surface area contributed by atoms with E-state index >= 15 is 0 Å². The van der Waals surface area contributed by atoms with Crippen molar-refractivity contribution in [2.75, 3.05) is 9.80 Å². The predicted octanol–water partition coefficient (Wildman–Crippen LogP) is 14.1. The van der Waals surface area contributed by atoms with E-state index in [1.54, 1.807) is 6.33 Å². The molecule has 3 heterocycles. The second-order valence-electron chi connectivity index (χ2n) is 14.3. The molecule has 0 N–H and O–H groups in total. The number of para-hydroxylation sites is 4. The molecule has 0 aliphatic carbocycles. The highest BCUT2D eigenvalue weighted by atomic mass is 16.3. The molecule has 0 saturated heterocycles. The third-order valence-corrected chi connectivity index (χ3v) is 10.9. The molecular formula is C52H35N5O. The fraction of sp³-hybridized carbons (Fsp3) is 0. The number of aromatic nitrogens is 3. The second-order valence-corrected chi connectivity index (χ2v) is 14.3. The van der Waals surface area contributed by atoms with Gasteiger partial charge in [-0.1, -0.05) is 109 Å². The van der Waals surface area contributed by atoms with Gasteiger partial charge in [0.25, 0.3) is 0 Å². The lowest BCUT2D eigenvalue weighted by Crippen LogP contribution is -2.09. The zero-order chi connectivity index (χ0) is 38.4. The Labute approximate surface area is 335 Å². The van der Waals surface area contributed by atoms with Crippen LogP contribution in [-0.4, -0.2) is 14.5 Å². The van der Waals surface area contributed by atoms with Gasteiger partial charge in [0.1, 0.15) is 17.4 Å². The first-order valence-corrected chi connectivity index (χ1v) is 19.4. The zero-order valence-corrected chi connectivity index (χ0v) is 31.4. The summed E-state index contributed by atoms with van der Waals surface area (Å²) in [4.78, 5) is 14.4. The SMILES string of the molecule is c1ccc(-c2ccc3oc4c(-n5c6ccc(N(c7ccccc7)c7ccccc7)cc6c6cc(N(c7ccccc7)c7ccccc7)ccc65)ncnc4c3c2)cc1. The van der Waals surface area contributed by atoms with Crippen LogP contribution >= 0.6 is 0 Å². The molecule has 0 atom stereocenters. The number of hydrogen-bond acceptors (Lipinski definition) is 5. The normalized spacial score (nSPS) is 11.4. The fourth-order valence-corrected chi connectivity index (χ4v) is 8.24. The third kappa shape index (κ3) is 5.66. The lowest BCUT2D eigenvalue weighted by Gasteiger charge is -2.26. The Kier molecular flexibility index (Phi) is 8.04. The predicted molar refractivity (Wildman–Crippen MR) is 238 cm³/mol. The molecule has 8 aromatic carbocycles.